The third-order valence-corrected chi connectivity index (χ3v) is 3.63. The van der Waals surface area contributed by atoms with Crippen molar-refractivity contribution in [2.24, 2.45) is 5.10 Å². The minimum absolute atomic E-state index is 0.110. The van der Waals surface area contributed by atoms with E-state index in [1.807, 2.05) is 38.1 Å². The van der Waals surface area contributed by atoms with Gasteiger partial charge in [-0.2, -0.15) is 10.2 Å². The quantitative estimate of drug-likeness (QED) is 0.644. The summed E-state index contributed by atoms with van der Waals surface area (Å²) in [6.07, 6.45) is 2.67. The molecule has 0 aliphatic carbocycles. The van der Waals surface area contributed by atoms with Gasteiger partial charge in [-0.1, -0.05) is 28.1 Å². The minimum Gasteiger partial charge on any atom is -0.282 e. The van der Waals surface area contributed by atoms with Gasteiger partial charge in [0.15, 0.2) is 0 Å². The van der Waals surface area contributed by atoms with Crippen molar-refractivity contribution in [2.75, 3.05) is 0 Å². The molecule has 0 radical (unpaired) electrons. The molecule has 0 saturated heterocycles. The van der Waals surface area contributed by atoms with E-state index in [2.05, 4.69) is 36.7 Å². The average Bonchev–Trinajstić information content (AvgIpc) is 2.76. The number of aromatic amines is 1. The van der Waals surface area contributed by atoms with E-state index in [1.165, 1.54) is 0 Å². The molecular formula is C15H17BrN4O. The Bertz CT molecular complexity index is 644. The van der Waals surface area contributed by atoms with Crippen LogP contribution in [0.5, 0.6) is 0 Å². The van der Waals surface area contributed by atoms with Crippen molar-refractivity contribution in [3.05, 3.63) is 51.3 Å². The van der Waals surface area contributed by atoms with Gasteiger partial charge >= 0.3 is 0 Å². The van der Waals surface area contributed by atoms with Crippen LogP contribution in [0.2, 0.25) is 0 Å². The molecule has 2 rings (SSSR count). The number of H-pyrrole nitrogens is 1. The van der Waals surface area contributed by atoms with Crippen LogP contribution in [0, 0.1) is 13.8 Å². The standard InChI is InChI=1S/C15H17BrN4O/c1-10-14(11(2)19-18-10)6-7-15(21)20-17-9-12-4-3-5-13(16)8-12/h3-5,8-9H,6-7H2,1-2H3,(H,18,19)(H,20,21)/b17-9-. The number of nitrogens with zero attached hydrogens (tertiary/aromatic N) is 2. The molecule has 0 aliphatic heterocycles. The molecule has 2 N–H and O–H groups in total. The number of hydrogen-bond donors (Lipinski definition) is 2. The van der Waals surface area contributed by atoms with Crippen LogP contribution < -0.4 is 5.43 Å². The zero-order valence-electron chi connectivity index (χ0n) is 12.0. The lowest BCUT2D eigenvalue weighted by atomic mass is 10.1. The van der Waals surface area contributed by atoms with E-state index in [1.54, 1.807) is 6.21 Å². The topological polar surface area (TPSA) is 70.1 Å². The molecule has 0 spiro atoms. The Morgan fingerprint density at radius 3 is 2.95 bits per heavy atom. The van der Waals surface area contributed by atoms with Crippen molar-refractivity contribution in [2.45, 2.75) is 26.7 Å². The number of carbonyl (C=O) groups excluding carboxylic acids is 1. The van der Waals surface area contributed by atoms with Gasteiger partial charge in [0.05, 0.1) is 11.9 Å². The summed E-state index contributed by atoms with van der Waals surface area (Å²) in [6.45, 7) is 3.89. The highest BCUT2D eigenvalue weighted by Crippen LogP contribution is 2.12. The van der Waals surface area contributed by atoms with Crippen LogP contribution in [0.25, 0.3) is 0 Å². The van der Waals surface area contributed by atoms with Crippen molar-refractivity contribution in [1.82, 2.24) is 15.6 Å². The molecule has 110 valence electrons. The Hall–Kier alpha value is -1.95. The van der Waals surface area contributed by atoms with E-state index < -0.39 is 0 Å². The highest BCUT2D eigenvalue weighted by atomic mass is 79.9. The Balaban J connectivity index is 1.83. The molecule has 0 fully saturated rings. The highest BCUT2D eigenvalue weighted by molar-refractivity contribution is 9.10. The second kappa shape index (κ2) is 7.17. The molecule has 0 atom stereocenters. The predicted molar refractivity (Wildman–Crippen MR) is 86.3 cm³/mol. The minimum atomic E-state index is -0.110. The fraction of sp³-hybridized carbons (Fsp3) is 0.267. The Kier molecular flexibility index (Phi) is 5.27. The number of rotatable bonds is 5. The lowest BCUT2D eigenvalue weighted by molar-refractivity contribution is -0.121. The van der Waals surface area contributed by atoms with Crippen molar-refractivity contribution < 1.29 is 4.79 Å². The smallest absolute Gasteiger partial charge is 0.240 e. The number of nitrogens with one attached hydrogen (secondary N) is 2. The number of hydrazone groups is 1. The van der Waals surface area contributed by atoms with Crippen molar-refractivity contribution in [1.29, 1.82) is 0 Å². The molecule has 1 amide bonds. The fourth-order valence-corrected chi connectivity index (χ4v) is 2.42. The fourth-order valence-electron chi connectivity index (χ4n) is 2.00. The first-order chi connectivity index (χ1) is 10.1. The van der Waals surface area contributed by atoms with Gasteiger partial charge in [-0.25, -0.2) is 5.43 Å². The molecule has 5 nitrogen and oxygen atoms in total. The maximum absolute atomic E-state index is 11.8. The third-order valence-electron chi connectivity index (χ3n) is 3.13. The zero-order chi connectivity index (χ0) is 15.2. The number of aromatic nitrogens is 2. The molecule has 1 heterocycles. The van der Waals surface area contributed by atoms with Crippen LogP contribution in [0.4, 0.5) is 0 Å². The SMILES string of the molecule is Cc1n[nH]c(C)c1CCC(=O)N/N=C\c1cccc(Br)c1. The average molecular weight is 349 g/mol. The Morgan fingerprint density at radius 1 is 1.48 bits per heavy atom. The number of amides is 1. The zero-order valence-corrected chi connectivity index (χ0v) is 13.6. The molecule has 1 aromatic heterocycles. The first kappa shape index (κ1) is 15.4. The summed E-state index contributed by atoms with van der Waals surface area (Å²) in [4.78, 5) is 11.8. The van der Waals surface area contributed by atoms with Crippen molar-refractivity contribution in [3.8, 4) is 0 Å². The summed E-state index contributed by atoms with van der Waals surface area (Å²) in [5.74, 6) is -0.110. The van der Waals surface area contributed by atoms with Gasteiger partial charge < -0.3 is 0 Å². The van der Waals surface area contributed by atoms with E-state index in [0.717, 1.165) is 27.0 Å². The molecule has 2 aromatic rings. The van der Waals surface area contributed by atoms with Gasteiger partial charge in [0.1, 0.15) is 0 Å². The predicted octanol–water partition coefficient (Wildman–Crippen LogP) is 2.87. The summed E-state index contributed by atoms with van der Waals surface area (Å²) in [6, 6.07) is 7.69. The largest absolute Gasteiger partial charge is 0.282 e. The summed E-state index contributed by atoms with van der Waals surface area (Å²) in [5, 5.41) is 11.0. The second-order valence-electron chi connectivity index (χ2n) is 4.76. The first-order valence-electron chi connectivity index (χ1n) is 6.64. The number of carbonyl (C=O) groups is 1. The number of halogens is 1. The third kappa shape index (κ3) is 4.53. The summed E-state index contributed by atoms with van der Waals surface area (Å²) in [5.41, 5.74) is 6.51. The van der Waals surface area contributed by atoms with Gasteiger partial charge in [-0.05, 0) is 43.5 Å². The molecule has 6 heteroatoms. The lowest BCUT2D eigenvalue weighted by Gasteiger charge is -2.01. The molecular weight excluding hydrogens is 332 g/mol. The molecule has 0 unspecified atom stereocenters. The normalized spacial score (nSPS) is 11.0. The lowest BCUT2D eigenvalue weighted by Crippen LogP contribution is -2.18. The summed E-state index contributed by atoms with van der Waals surface area (Å²) >= 11 is 3.39. The maximum atomic E-state index is 11.8. The monoisotopic (exact) mass is 348 g/mol. The van der Waals surface area contributed by atoms with E-state index in [4.69, 9.17) is 0 Å². The van der Waals surface area contributed by atoms with Crippen LogP contribution >= 0.6 is 15.9 Å². The van der Waals surface area contributed by atoms with E-state index in [-0.39, 0.29) is 5.91 Å². The van der Waals surface area contributed by atoms with Crippen LogP contribution in [0.15, 0.2) is 33.8 Å². The van der Waals surface area contributed by atoms with Gasteiger partial charge in [-0.15, -0.1) is 0 Å². The van der Waals surface area contributed by atoms with Gasteiger partial charge in [0.2, 0.25) is 5.91 Å². The van der Waals surface area contributed by atoms with Gasteiger partial charge in [-0.3, -0.25) is 9.89 Å². The van der Waals surface area contributed by atoms with Crippen molar-refractivity contribution in [3.63, 3.8) is 0 Å². The van der Waals surface area contributed by atoms with Gasteiger partial charge in [0, 0.05) is 16.6 Å². The molecule has 1 aromatic carbocycles. The van der Waals surface area contributed by atoms with Crippen LogP contribution in [-0.4, -0.2) is 22.3 Å². The highest BCUT2D eigenvalue weighted by Gasteiger charge is 2.08. The Morgan fingerprint density at radius 2 is 2.29 bits per heavy atom. The molecule has 0 saturated carbocycles. The first-order valence-corrected chi connectivity index (χ1v) is 7.43. The molecule has 0 aliphatic rings. The summed E-state index contributed by atoms with van der Waals surface area (Å²) in [7, 11) is 0. The summed E-state index contributed by atoms with van der Waals surface area (Å²) < 4.78 is 0.976. The van der Waals surface area contributed by atoms with Crippen LogP contribution in [0.1, 0.15) is 28.9 Å². The Labute approximate surface area is 132 Å². The molecule has 21 heavy (non-hydrogen) atoms. The molecule has 0 bridgehead atoms. The van der Waals surface area contributed by atoms with E-state index in [9.17, 15) is 4.79 Å². The van der Waals surface area contributed by atoms with E-state index >= 15 is 0 Å². The second-order valence-corrected chi connectivity index (χ2v) is 5.68. The number of hydrogen-bond acceptors (Lipinski definition) is 3. The van der Waals surface area contributed by atoms with Crippen LogP contribution in [0.3, 0.4) is 0 Å². The van der Waals surface area contributed by atoms with Crippen LogP contribution in [-0.2, 0) is 11.2 Å². The maximum Gasteiger partial charge on any atom is 0.240 e. The van der Waals surface area contributed by atoms with Crippen molar-refractivity contribution >= 4 is 28.1 Å². The number of aryl methyl sites for hydroxylation is 2. The van der Waals surface area contributed by atoms with Gasteiger partial charge in [0.25, 0.3) is 0 Å². The van der Waals surface area contributed by atoms with E-state index in [0.29, 0.717) is 12.8 Å². The number of benzene rings is 1.